The summed E-state index contributed by atoms with van der Waals surface area (Å²) in [7, 11) is -10.9. The normalized spacial score (nSPS) is 29.6. The molecule has 6 atom stereocenters. The van der Waals surface area contributed by atoms with Crippen molar-refractivity contribution < 1.29 is 46.9 Å². The molecule has 0 spiro atoms. The fourth-order valence-corrected chi connectivity index (χ4v) is 4.08. The van der Waals surface area contributed by atoms with E-state index >= 15 is 0 Å². The topological polar surface area (TPSA) is 235 Å². The zero-order valence-electron chi connectivity index (χ0n) is 13.5. The van der Waals surface area contributed by atoms with Crippen molar-refractivity contribution >= 4 is 32.8 Å². The molecule has 2 aromatic rings. The average molecular weight is 444 g/mol. The summed E-state index contributed by atoms with van der Waals surface area (Å²) < 4.78 is 50.4. The van der Waals surface area contributed by atoms with E-state index in [9.17, 15) is 33.2 Å². The number of fused-ring (bicyclic) bond motifs is 1. The van der Waals surface area contributed by atoms with Crippen molar-refractivity contribution in [1.82, 2.24) is 19.5 Å². The molecule has 0 saturated carbocycles. The van der Waals surface area contributed by atoms with Crippen LogP contribution in [-0.4, -0.2) is 59.4 Å². The van der Waals surface area contributed by atoms with Gasteiger partial charge in [-0.05, 0) is 0 Å². The van der Waals surface area contributed by atoms with Crippen LogP contribution in [0, 0.1) is 0 Å². The molecule has 0 amide bonds. The van der Waals surface area contributed by atoms with E-state index in [-0.39, 0.29) is 17.1 Å². The van der Waals surface area contributed by atoms with Gasteiger partial charge in [0.1, 0.15) is 12.2 Å². The second-order valence-corrected chi connectivity index (χ2v) is 8.38. The van der Waals surface area contributed by atoms with Gasteiger partial charge in [0, 0.05) is 0 Å². The molecule has 1 aliphatic heterocycles. The number of alkyl halides is 1. The minimum absolute atomic E-state index is 0.147. The third kappa shape index (κ3) is 4.30. The first kappa shape index (κ1) is 21.0. The summed E-state index contributed by atoms with van der Waals surface area (Å²) in [6.45, 7) is -0.978. The lowest BCUT2D eigenvalue weighted by atomic mass is 10.1. The largest absolute Gasteiger partial charge is 0.756 e. The van der Waals surface area contributed by atoms with Crippen LogP contribution in [0.5, 0.6) is 0 Å². The molecule has 6 N–H and O–H groups in total. The highest BCUT2D eigenvalue weighted by atomic mass is 31.3. The lowest BCUT2D eigenvalue weighted by Crippen LogP contribution is -2.31. The molecule has 28 heavy (non-hydrogen) atoms. The van der Waals surface area contributed by atoms with Gasteiger partial charge < -0.3 is 30.3 Å². The molecule has 3 heterocycles. The van der Waals surface area contributed by atoms with Crippen LogP contribution in [0.15, 0.2) is 11.1 Å². The van der Waals surface area contributed by atoms with Gasteiger partial charge in [0.25, 0.3) is 13.4 Å². The number of imidazole rings is 1. The molecule has 18 heteroatoms. The van der Waals surface area contributed by atoms with E-state index in [1.807, 2.05) is 0 Å². The number of nitrogen functional groups attached to an aromatic ring is 1. The van der Waals surface area contributed by atoms with Crippen LogP contribution >= 0.6 is 15.6 Å². The molecule has 2 aromatic heterocycles. The molecule has 1 fully saturated rings. The lowest BCUT2D eigenvalue weighted by molar-refractivity contribution is -0.212. The van der Waals surface area contributed by atoms with Crippen LogP contribution in [0.2, 0.25) is 0 Å². The number of anilines is 1. The number of phosphoric acid groups is 2. The second kappa shape index (κ2) is 7.26. The summed E-state index contributed by atoms with van der Waals surface area (Å²) in [4.78, 5) is 49.6. The van der Waals surface area contributed by atoms with Crippen LogP contribution in [0.3, 0.4) is 0 Å². The molecule has 0 aromatic carbocycles. The van der Waals surface area contributed by atoms with Gasteiger partial charge in [0.05, 0.1) is 12.9 Å². The molecular formula is C10H13FN5O10P2-. The van der Waals surface area contributed by atoms with Crippen LogP contribution in [0.25, 0.3) is 11.2 Å². The summed E-state index contributed by atoms with van der Waals surface area (Å²) in [5.41, 5.74) is 4.41. The summed E-state index contributed by atoms with van der Waals surface area (Å²) in [5, 5.41) is 9.93. The maximum atomic E-state index is 14.5. The predicted octanol–water partition coefficient (Wildman–Crippen LogP) is -2.11. The summed E-state index contributed by atoms with van der Waals surface area (Å²) >= 11 is 0. The third-order valence-corrected chi connectivity index (χ3v) is 5.75. The van der Waals surface area contributed by atoms with Gasteiger partial charge in [-0.3, -0.25) is 23.4 Å². The van der Waals surface area contributed by atoms with E-state index in [2.05, 4.69) is 23.8 Å². The van der Waals surface area contributed by atoms with Crippen molar-refractivity contribution in [1.29, 1.82) is 0 Å². The zero-order chi connectivity index (χ0) is 20.9. The lowest BCUT2D eigenvalue weighted by Gasteiger charge is -2.21. The number of nitrogens with one attached hydrogen (secondary N) is 1. The highest BCUT2D eigenvalue weighted by Crippen LogP contribution is 2.55. The van der Waals surface area contributed by atoms with Crippen molar-refractivity contribution in [2.45, 2.75) is 24.6 Å². The van der Waals surface area contributed by atoms with E-state index in [4.69, 9.17) is 15.4 Å². The number of hydrogen-bond donors (Lipinski definition) is 5. The molecule has 0 aliphatic carbocycles. The average Bonchev–Trinajstić information content (AvgIpc) is 3.06. The Morgan fingerprint density at radius 1 is 1.46 bits per heavy atom. The Balaban J connectivity index is 1.79. The molecule has 0 radical (unpaired) electrons. The van der Waals surface area contributed by atoms with E-state index in [1.54, 1.807) is 0 Å². The van der Waals surface area contributed by atoms with E-state index in [0.29, 0.717) is 0 Å². The number of rotatable bonds is 6. The molecule has 1 aliphatic rings. The van der Waals surface area contributed by atoms with E-state index in [1.165, 1.54) is 0 Å². The van der Waals surface area contributed by atoms with Gasteiger partial charge in [-0.1, -0.05) is 0 Å². The Hall–Kier alpha value is -1.74. The number of nitrogens with zero attached hydrogens (tertiary/aromatic N) is 3. The number of aliphatic hydroxyl groups is 1. The van der Waals surface area contributed by atoms with Gasteiger partial charge >= 0.3 is 7.82 Å². The molecule has 3 unspecified atom stereocenters. The molecule has 15 nitrogen and oxygen atoms in total. The van der Waals surface area contributed by atoms with E-state index < -0.39 is 52.4 Å². The second-order valence-electron chi connectivity index (χ2n) is 5.59. The highest BCUT2D eigenvalue weighted by molar-refractivity contribution is 7.60. The van der Waals surface area contributed by atoms with Gasteiger partial charge in [0.15, 0.2) is 23.6 Å². The fraction of sp³-hybridized carbons (Fsp3) is 0.500. The molecule has 3 rings (SSSR count). The van der Waals surface area contributed by atoms with Crippen LogP contribution in [0.4, 0.5) is 10.3 Å². The SMILES string of the molecule is Nc1nc2c(ncn2[C@@H]2O[C@H](COP(=O)(O)OP(=O)([O-])O)[C@H](O)C2F)c(=O)[nH]1. The van der Waals surface area contributed by atoms with Crippen molar-refractivity contribution in [3.05, 3.63) is 16.7 Å². The number of ether oxygens (including phenoxy) is 1. The van der Waals surface area contributed by atoms with Crippen LogP contribution in [0.1, 0.15) is 6.23 Å². The quantitative estimate of drug-likeness (QED) is 0.300. The molecule has 0 bridgehead atoms. The minimum atomic E-state index is -5.60. The van der Waals surface area contributed by atoms with Crippen molar-refractivity contribution in [3.63, 3.8) is 0 Å². The first-order valence-electron chi connectivity index (χ1n) is 7.30. The molecule has 156 valence electrons. The molecular weight excluding hydrogens is 431 g/mol. The number of nitrogens with two attached hydrogens (primary N) is 1. The number of hydrogen-bond acceptors (Lipinski definition) is 11. The molecule has 1 saturated heterocycles. The van der Waals surface area contributed by atoms with Crippen molar-refractivity contribution in [2.24, 2.45) is 0 Å². The van der Waals surface area contributed by atoms with Gasteiger partial charge in [-0.25, -0.2) is 18.3 Å². The van der Waals surface area contributed by atoms with Crippen molar-refractivity contribution in [3.8, 4) is 0 Å². The minimum Gasteiger partial charge on any atom is -0.756 e. The fourth-order valence-electron chi connectivity index (χ4n) is 2.52. The number of phosphoric ester groups is 1. The Morgan fingerprint density at radius 3 is 2.79 bits per heavy atom. The number of aromatic nitrogens is 4. The standard InChI is InChI=1S/C10H14FN5O10P2/c11-4-6(17)3(1-24-28(22,23)26-27(19,20)21)25-9(4)16-2-13-5-7(16)14-10(12)15-8(5)18/h2-4,6,9,17H,1H2,(H,22,23)(H2,19,20,21)(H3,12,14,15,18)/p-1/t3-,4?,6+,9-/m1/s1. The first-order valence-corrected chi connectivity index (χ1v) is 10.3. The van der Waals surface area contributed by atoms with Gasteiger partial charge in [-0.15, -0.1) is 0 Å². The Labute approximate surface area is 153 Å². The van der Waals surface area contributed by atoms with Gasteiger partial charge in [0.2, 0.25) is 5.95 Å². The van der Waals surface area contributed by atoms with Crippen LogP contribution < -0.4 is 16.2 Å². The van der Waals surface area contributed by atoms with E-state index in [0.717, 1.165) is 10.9 Å². The summed E-state index contributed by atoms with van der Waals surface area (Å²) in [6, 6.07) is 0. The number of H-pyrrole nitrogens is 1. The maximum absolute atomic E-state index is 14.5. The summed E-state index contributed by atoms with van der Waals surface area (Å²) in [5.74, 6) is -0.280. The maximum Gasteiger partial charge on any atom is 0.478 e. The Morgan fingerprint density at radius 2 is 2.14 bits per heavy atom. The highest BCUT2D eigenvalue weighted by Gasteiger charge is 2.47. The first-order chi connectivity index (χ1) is 12.9. The number of halogens is 1. The smallest absolute Gasteiger partial charge is 0.478 e. The van der Waals surface area contributed by atoms with Gasteiger partial charge in [-0.2, -0.15) is 4.98 Å². The van der Waals surface area contributed by atoms with Crippen molar-refractivity contribution in [2.75, 3.05) is 12.3 Å². The predicted molar refractivity (Wildman–Crippen MR) is 84.1 cm³/mol. The third-order valence-electron chi connectivity index (χ3n) is 3.63. The Kier molecular flexibility index (Phi) is 5.44. The monoisotopic (exact) mass is 444 g/mol. The Bertz CT molecular complexity index is 1040. The number of aliphatic hydroxyl groups excluding tert-OH is 1. The zero-order valence-corrected chi connectivity index (χ0v) is 15.3. The number of aromatic amines is 1. The summed E-state index contributed by atoms with van der Waals surface area (Å²) in [6.07, 6.45) is -6.10. The van der Waals surface area contributed by atoms with Crippen LogP contribution in [-0.2, 0) is 22.7 Å².